The predicted molar refractivity (Wildman–Crippen MR) is 115 cm³/mol. The van der Waals surface area contributed by atoms with Crippen molar-refractivity contribution < 1.29 is 19.1 Å². The second-order valence-corrected chi connectivity index (χ2v) is 6.52. The first-order chi connectivity index (χ1) is 14.1. The average Bonchev–Trinajstić information content (AvgIpc) is 3.01. The number of hydrogen-bond acceptors (Lipinski definition) is 5. The van der Waals surface area contributed by atoms with Crippen LogP contribution in [0.4, 0.5) is 5.69 Å². The Hall–Kier alpha value is -3.28. The molecule has 0 unspecified atom stereocenters. The summed E-state index contributed by atoms with van der Waals surface area (Å²) in [5.74, 6) is -0.901. The van der Waals surface area contributed by atoms with Crippen LogP contribution in [-0.2, 0) is 25.6 Å². The van der Waals surface area contributed by atoms with Crippen LogP contribution in [0, 0.1) is 0 Å². The number of carbonyl (C=O) groups is 2. The quantitative estimate of drug-likeness (QED) is 0.446. The van der Waals surface area contributed by atoms with Crippen molar-refractivity contribution in [2.45, 2.75) is 33.7 Å². The van der Waals surface area contributed by atoms with Gasteiger partial charge in [0.05, 0.1) is 19.6 Å². The highest BCUT2D eigenvalue weighted by molar-refractivity contribution is 6.09. The molecular weight excluding hydrogens is 368 g/mol. The van der Waals surface area contributed by atoms with E-state index in [1.54, 1.807) is 13.8 Å². The lowest BCUT2D eigenvalue weighted by Gasteiger charge is -2.11. The zero-order valence-corrected chi connectivity index (χ0v) is 17.0. The molecule has 29 heavy (non-hydrogen) atoms. The van der Waals surface area contributed by atoms with Crippen molar-refractivity contribution in [3.63, 3.8) is 0 Å². The van der Waals surface area contributed by atoms with Crippen molar-refractivity contribution in [2.24, 2.45) is 0 Å². The number of fused-ring (bicyclic) bond motifs is 3. The summed E-state index contributed by atoms with van der Waals surface area (Å²) >= 11 is 0. The Morgan fingerprint density at radius 3 is 2.41 bits per heavy atom. The minimum Gasteiger partial charge on any atom is -0.466 e. The minimum absolute atomic E-state index is 0.0403. The van der Waals surface area contributed by atoms with E-state index < -0.39 is 11.9 Å². The summed E-state index contributed by atoms with van der Waals surface area (Å²) in [6, 6.07) is 14.3. The van der Waals surface area contributed by atoms with Gasteiger partial charge in [-0.3, -0.25) is 4.79 Å². The van der Waals surface area contributed by atoms with Crippen molar-refractivity contribution >= 4 is 39.4 Å². The molecule has 3 aromatic rings. The van der Waals surface area contributed by atoms with E-state index in [2.05, 4.69) is 28.9 Å². The molecule has 0 radical (unpaired) electrons. The molecule has 2 aromatic carbocycles. The molecule has 0 amide bonds. The standard InChI is InChI=1S/C23H26N2O4/c1-4-25-20-10-8-7-9-18(20)19-13-16(11-12-21(19)25)24-17(14-22(26)28-5-2)15-23(27)29-6-3/h7-14,24H,4-6,15H2,1-3H3. The van der Waals surface area contributed by atoms with Crippen LogP contribution in [0.15, 0.2) is 54.2 Å². The number of nitrogens with zero attached hydrogens (tertiary/aromatic N) is 1. The van der Waals surface area contributed by atoms with E-state index in [1.165, 1.54) is 11.6 Å². The van der Waals surface area contributed by atoms with Crippen LogP contribution in [-0.4, -0.2) is 29.7 Å². The summed E-state index contributed by atoms with van der Waals surface area (Å²) < 4.78 is 12.3. The average molecular weight is 394 g/mol. The highest BCUT2D eigenvalue weighted by Crippen LogP contribution is 2.31. The maximum atomic E-state index is 12.0. The van der Waals surface area contributed by atoms with Gasteiger partial charge in [-0.2, -0.15) is 0 Å². The highest BCUT2D eigenvalue weighted by Gasteiger charge is 2.13. The topological polar surface area (TPSA) is 69.6 Å². The van der Waals surface area contributed by atoms with E-state index in [0.717, 1.165) is 28.5 Å². The Labute approximate surface area is 170 Å². The molecule has 1 N–H and O–H groups in total. The van der Waals surface area contributed by atoms with Crippen molar-refractivity contribution in [3.05, 3.63) is 54.2 Å². The minimum atomic E-state index is -0.497. The van der Waals surface area contributed by atoms with E-state index >= 15 is 0 Å². The van der Waals surface area contributed by atoms with Crippen molar-refractivity contribution in [3.8, 4) is 0 Å². The Kier molecular flexibility index (Phi) is 6.54. The van der Waals surface area contributed by atoms with Gasteiger partial charge in [0.25, 0.3) is 0 Å². The van der Waals surface area contributed by atoms with Crippen LogP contribution in [0.5, 0.6) is 0 Å². The number of carbonyl (C=O) groups excluding carboxylic acids is 2. The fraction of sp³-hybridized carbons (Fsp3) is 0.304. The van der Waals surface area contributed by atoms with Crippen LogP contribution in [0.2, 0.25) is 0 Å². The van der Waals surface area contributed by atoms with Gasteiger partial charge in [0, 0.05) is 45.8 Å². The largest absolute Gasteiger partial charge is 0.466 e. The molecule has 0 saturated carbocycles. The van der Waals surface area contributed by atoms with Gasteiger partial charge in [0.2, 0.25) is 0 Å². The molecule has 0 aliphatic rings. The fourth-order valence-electron chi connectivity index (χ4n) is 3.48. The molecule has 6 heteroatoms. The monoisotopic (exact) mass is 394 g/mol. The highest BCUT2D eigenvalue weighted by atomic mass is 16.5. The second-order valence-electron chi connectivity index (χ2n) is 6.52. The molecule has 0 fully saturated rings. The molecule has 0 saturated heterocycles. The Balaban J connectivity index is 1.97. The second kappa shape index (κ2) is 9.28. The molecule has 0 aliphatic heterocycles. The SMILES string of the molecule is CCOC(=O)C=C(CC(=O)OCC)Nc1ccc2c(c1)c1ccccc1n2CC. The molecule has 152 valence electrons. The first-order valence-corrected chi connectivity index (χ1v) is 9.88. The van der Waals surface area contributed by atoms with Gasteiger partial charge in [0.1, 0.15) is 0 Å². The zero-order chi connectivity index (χ0) is 20.8. The van der Waals surface area contributed by atoms with E-state index in [-0.39, 0.29) is 19.6 Å². The number of para-hydroxylation sites is 1. The summed E-state index contributed by atoms with van der Waals surface area (Å²) in [5.41, 5.74) is 3.54. The van der Waals surface area contributed by atoms with Gasteiger partial charge < -0.3 is 19.4 Å². The summed E-state index contributed by atoms with van der Waals surface area (Å²) in [7, 11) is 0. The van der Waals surface area contributed by atoms with Gasteiger partial charge in [-0.15, -0.1) is 0 Å². The van der Waals surface area contributed by atoms with Crippen molar-refractivity contribution in [1.29, 1.82) is 0 Å². The van der Waals surface area contributed by atoms with E-state index in [0.29, 0.717) is 5.70 Å². The maximum absolute atomic E-state index is 12.0. The summed E-state index contributed by atoms with van der Waals surface area (Å²) in [4.78, 5) is 23.9. The number of hydrogen-bond donors (Lipinski definition) is 1. The molecule has 0 bridgehead atoms. The predicted octanol–water partition coefficient (Wildman–Crippen LogP) is 4.63. The van der Waals surface area contributed by atoms with Crippen LogP contribution in [0.1, 0.15) is 27.2 Å². The lowest BCUT2D eigenvalue weighted by molar-refractivity contribution is -0.142. The molecular formula is C23H26N2O4. The van der Waals surface area contributed by atoms with Gasteiger partial charge >= 0.3 is 11.9 Å². The molecule has 1 heterocycles. The maximum Gasteiger partial charge on any atom is 0.332 e. The zero-order valence-electron chi connectivity index (χ0n) is 17.0. The lowest BCUT2D eigenvalue weighted by atomic mass is 10.1. The first-order valence-electron chi connectivity index (χ1n) is 9.88. The van der Waals surface area contributed by atoms with Crippen LogP contribution in [0.25, 0.3) is 21.8 Å². The number of benzene rings is 2. The Bertz CT molecular complexity index is 1070. The molecule has 0 aliphatic carbocycles. The van der Waals surface area contributed by atoms with Crippen LogP contribution >= 0.6 is 0 Å². The molecule has 0 atom stereocenters. The van der Waals surface area contributed by atoms with Gasteiger partial charge in [0.15, 0.2) is 0 Å². The third kappa shape index (κ3) is 4.59. The number of rotatable bonds is 8. The summed E-state index contributed by atoms with van der Waals surface area (Å²) in [6.45, 7) is 7.03. The third-order valence-corrected chi connectivity index (χ3v) is 4.61. The number of esters is 2. The third-order valence-electron chi connectivity index (χ3n) is 4.61. The van der Waals surface area contributed by atoms with E-state index in [9.17, 15) is 9.59 Å². The van der Waals surface area contributed by atoms with Crippen molar-refractivity contribution in [1.82, 2.24) is 4.57 Å². The number of aromatic nitrogens is 1. The smallest absolute Gasteiger partial charge is 0.332 e. The fourth-order valence-corrected chi connectivity index (χ4v) is 3.48. The molecule has 3 rings (SSSR count). The number of aryl methyl sites for hydroxylation is 1. The van der Waals surface area contributed by atoms with Crippen LogP contribution in [0.3, 0.4) is 0 Å². The first kappa shape index (κ1) is 20.5. The number of ether oxygens (including phenoxy) is 2. The van der Waals surface area contributed by atoms with Gasteiger partial charge in [-0.25, -0.2) is 4.79 Å². The van der Waals surface area contributed by atoms with E-state index in [1.807, 2.05) is 30.3 Å². The normalized spacial score (nSPS) is 11.6. The summed E-state index contributed by atoms with van der Waals surface area (Å²) in [6.07, 6.45) is 1.27. The number of nitrogens with one attached hydrogen (secondary N) is 1. The molecule has 6 nitrogen and oxygen atoms in total. The molecule has 0 spiro atoms. The van der Waals surface area contributed by atoms with Gasteiger partial charge in [-0.05, 0) is 45.0 Å². The number of anilines is 1. The Morgan fingerprint density at radius 2 is 1.69 bits per heavy atom. The van der Waals surface area contributed by atoms with E-state index in [4.69, 9.17) is 9.47 Å². The van der Waals surface area contributed by atoms with Gasteiger partial charge in [-0.1, -0.05) is 18.2 Å². The lowest BCUT2D eigenvalue weighted by Crippen LogP contribution is -2.12. The van der Waals surface area contributed by atoms with Crippen molar-refractivity contribution in [2.75, 3.05) is 18.5 Å². The Morgan fingerprint density at radius 1 is 0.966 bits per heavy atom. The van der Waals surface area contributed by atoms with Crippen LogP contribution < -0.4 is 5.32 Å². The summed E-state index contributed by atoms with van der Waals surface area (Å²) in [5, 5.41) is 5.46. The molecule has 1 aromatic heterocycles.